The molecule has 6 heteroatoms. The molecule has 0 rings (SSSR count). The summed E-state index contributed by atoms with van der Waals surface area (Å²) in [6, 6.07) is 0. The van der Waals surface area contributed by atoms with Crippen LogP contribution in [0, 0.1) is 0 Å². The van der Waals surface area contributed by atoms with Gasteiger partial charge < -0.3 is 14.2 Å². The molecule has 0 aliphatic heterocycles. The van der Waals surface area contributed by atoms with Gasteiger partial charge in [-0.2, -0.15) is 0 Å². The molecular formula is C59H106O6. The second-order valence-electron chi connectivity index (χ2n) is 18.8. The van der Waals surface area contributed by atoms with E-state index in [9.17, 15) is 14.4 Å². The Hall–Kier alpha value is -2.63. The molecular weight excluding hydrogens is 805 g/mol. The van der Waals surface area contributed by atoms with Crippen molar-refractivity contribution in [3.05, 3.63) is 48.6 Å². The van der Waals surface area contributed by atoms with Crippen LogP contribution in [0.15, 0.2) is 48.6 Å². The third-order valence-electron chi connectivity index (χ3n) is 12.3. The smallest absolute Gasteiger partial charge is 0.306 e. The van der Waals surface area contributed by atoms with Crippen LogP contribution >= 0.6 is 0 Å². The maximum Gasteiger partial charge on any atom is 0.306 e. The standard InChI is InChI=1S/C59H106O6/c1-4-7-10-13-16-19-21-23-25-26-27-28-29-30-31-32-34-35-37-40-43-46-49-52-58(61)64-55-56(54-63-57(60)51-48-45-42-39-18-15-12-9-6-3)65-59(62)53-50-47-44-41-38-36-33-24-22-20-17-14-11-8-5-2/h8,11,17,20,24,33,38,41,56H,4-7,9-10,12-16,18-19,21-23,25-32,34-37,39-40,42-55H2,1-3H3/b11-8-,20-17-,33-24-,41-38-. The fraction of sp³-hybridized carbons (Fsp3) is 0.814. The molecule has 0 N–H and O–H groups in total. The van der Waals surface area contributed by atoms with E-state index in [4.69, 9.17) is 14.2 Å². The molecule has 0 fully saturated rings. The highest BCUT2D eigenvalue weighted by molar-refractivity contribution is 5.71. The Morgan fingerprint density at radius 2 is 0.600 bits per heavy atom. The summed E-state index contributed by atoms with van der Waals surface area (Å²) in [5.41, 5.74) is 0. The minimum Gasteiger partial charge on any atom is -0.462 e. The van der Waals surface area contributed by atoms with Crippen molar-refractivity contribution in [2.45, 2.75) is 297 Å². The first-order valence-corrected chi connectivity index (χ1v) is 28.1. The number of carbonyl (C=O) groups excluding carboxylic acids is 3. The van der Waals surface area contributed by atoms with Crippen molar-refractivity contribution in [3.63, 3.8) is 0 Å². The van der Waals surface area contributed by atoms with E-state index in [0.717, 1.165) is 77.0 Å². The Morgan fingerprint density at radius 1 is 0.323 bits per heavy atom. The lowest BCUT2D eigenvalue weighted by molar-refractivity contribution is -0.167. The monoisotopic (exact) mass is 911 g/mol. The highest BCUT2D eigenvalue weighted by Crippen LogP contribution is 2.17. The number of rotatable bonds is 51. The molecule has 1 atom stereocenters. The van der Waals surface area contributed by atoms with E-state index in [1.807, 2.05) is 0 Å². The van der Waals surface area contributed by atoms with Gasteiger partial charge in [0.2, 0.25) is 0 Å². The largest absolute Gasteiger partial charge is 0.462 e. The summed E-state index contributed by atoms with van der Waals surface area (Å²) in [4.78, 5) is 37.9. The second kappa shape index (κ2) is 54.0. The Kier molecular flexibility index (Phi) is 51.8. The van der Waals surface area contributed by atoms with Crippen LogP contribution in [0.3, 0.4) is 0 Å². The second-order valence-corrected chi connectivity index (χ2v) is 18.8. The fourth-order valence-electron chi connectivity index (χ4n) is 8.14. The Balaban J connectivity index is 4.23. The van der Waals surface area contributed by atoms with Crippen molar-refractivity contribution < 1.29 is 28.6 Å². The quantitative estimate of drug-likeness (QED) is 0.0262. The molecule has 0 aromatic heterocycles. The predicted octanol–water partition coefficient (Wildman–Crippen LogP) is 18.7. The lowest BCUT2D eigenvalue weighted by Gasteiger charge is -2.18. The minimum atomic E-state index is -0.790. The zero-order valence-corrected chi connectivity index (χ0v) is 43.3. The first kappa shape index (κ1) is 62.4. The zero-order chi connectivity index (χ0) is 47.2. The fourth-order valence-corrected chi connectivity index (χ4v) is 8.14. The number of unbranched alkanes of at least 4 members (excludes halogenated alkanes) is 32. The maximum atomic E-state index is 12.8. The number of hydrogen-bond acceptors (Lipinski definition) is 6. The number of hydrogen-bond donors (Lipinski definition) is 0. The Labute approximate surface area is 403 Å². The van der Waals surface area contributed by atoms with Crippen LogP contribution in [0.2, 0.25) is 0 Å². The normalized spacial score (nSPS) is 12.4. The highest BCUT2D eigenvalue weighted by atomic mass is 16.6. The average molecular weight is 911 g/mol. The average Bonchev–Trinajstić information content (AvgIpc) is 3.30. The van der Waals surface area contributed by atoms with Crippen LogP contribution in [0.5, 0.6) is 0 Å². The van der Waals surface area contributed by atoms with E-state index in [1.54, 1.807) is 0 Å². The molecule has 0 aliphatic rings. The van der Waals surface area contributed by atoms with Gasteiger partial charge in [0, 0.05) is 19.3 Å². The van der Waals surface area contributed by atoms with Crippen molar-refractivity contribution >= 4 is 17.9 Å². The minimum absolute atomic E-state index is 0.0861. The van der Waals surface area contributed by atoms with Gasteiger partial charge in [0.25, 0.3) is 0 Å². The van der Waals surface area contributed by atoms with Crippen LogP contribution in [0.1, 0.15) is 290 Å². The predicted molar refractivity (Wildman–Crippen MR) is 279 cm³/mol. The first-order chi connectivity index (χ1) is 32.0. The first-order valence-electron chi connectivity index (χ1n) is 28.1. The SMILES string of the molecule is CC/C=C\C/C=C\C/C=C\C/C=C\CCCCC(=O)OC(COC(=O)CCCCCCCCCCC)COC(=O)CCCCCCCCCCCCCCCCCCCCCCCCC. The van der Waals surface area contributed by atoms with Gasteiger partial charge >= 0.3 is 17.9 Å². The van der Waals surface area contributed by atoms with Crippen LogP contribution < -0.4 is 0 Å². The summed E-state index contributed by atoms with van der Waals surface area (Å²) in [6.45, 7) is 6.50. The third kappa shape index (κ3) is 52.2. The molecule has 0 aromatic carbocycles. The van der Waals surface area contributed by atoms with Gasteiger partial charge in [-0.25, -0.2) is 0 Å². The van der Waals surface area contributed by atoms with Gasteiger partial charge in [-0.05, 0) is 57.8 Å². The van der Waals surface area contributed by atoms with Gasteiger partial charge in [-0.15, -0.1) is 0 Å². The molecule has 65 heavy (non-hydrogen) atoms. The molecule has 0 aliphatic carbocycles. The zero-order valence-electron chi connectivity index (χ0n) is 43.3. The van der Waals surface area contributed by atoms with Crippen LogP contribution in [-0.4, -0.2) is 37.2 Å². The molecule has 1 unspecified atom stereocenters. The van der Waals surface area contributed by atoms with Crippen molar-refractivity contribution in [1.29, 1.82) is 0 Å². The molecule has 0 bridgehead atoms. The van der Waals surface area contributed by atoms with Crippen molar-refractivity contribution in [3.8, 4) is 0 Å². The number of carbonyl (C=O) groups is 3. The van der Waals surface area contributed by atoms with E-state index in [2.05, 4.69) is 69.4 Å². The molecule has 0 spiro atoms. The van der Waals surface area contributed by atoms with E-state index in [0.29, 0.717) is 19.3 Å². The molecule has 6 nitrogen and oxygen atoms in total. The molecule has 0 saturated carbocycles. The molecule has 0 radical (unpaired) electrons. The summed E-state index contributed by atoms with van der Waals surface area (Å²) < 4.78 is 16.8. The van der Waals surface area contributed by atoms with Gasteiger partial charge in [-0.1, -0.05) is 262 Å². The van der Waals surface area contributed by atoms with E-state index < -0.39 is 6.10 Å². The molecule has 0 amide bonds. The van der Waals surface area contributed by atoms with Crippen LogP contribution in [0.25, 0.3) is 0 Å². The number of allylic oxidation sites excluding steroid dienone is 8. The Bertz CT molecular complexity index is 1140. The molecule has 0 heterocycles. The summed E-state index contributed by atoms with van der Waals surface area (Å²) in [6.07, 6.45) is 65.5. The maximum absolute atomic E-state index is 12.8. The summed E-state index contributed by atoms with van der Waals surface area (Å²) in [5, 5.41) is 0. The van der Waals surface area contributed by atoms with E-state index >= 15 is 0 Å². The van der Waals surface area contributed by atoms with E-state index in [-0.39, 0.29) is 37.5 Å². The molecule has 0 aromatic rings. The Morgan fingerprint density at radius 3 is 0.938 bits per heavy atom. The number of ether oxygens (including phenoxy) is 3. The van der Waals surface area contributed by atoms with Gasteiger partial charge in [0.1, 0.15) is 13.2 Å². The van der Waals surface area contributed by atoms with Crippen molar-refractivity contribution in [1.82, 2.24) is 0 Å². The third-order valence-corrected chi connectivity index (χ3v) is 12.3. The molecule has 378 valence electrons. The summed E-state index contributed by atoms with van der Waals surface area (Å²) in [5.74, 6) is -0.919. The van der Waals surface area contributed by atoms with Gasteiger partial charge in [-0.3, -0.25) is 14.4 Å². The van der Waals surface area contributed by atoms with E-state index in [1.165, 1.54) is 167 Å². The van der Waals surface area contributed by atoms with Crippen LogP contribution in [-0.2, 0) is 28.6 Å². The summed E-state index contributed by atoms with van der Waals surface area (Å²) >= 11 is 0. The lowest BCUT2D eigenvalue weighted by atomic mass is 10.0. The number of esters is 3. The van der Waals surface area contributed by atoms with Crippen molar-refractivity contribution in [2.24, 2.45) is 0 Å². The topological polar surface area (TPSA) is 78.9 Å². The van der Waals surface area contributed by atoms with Crippen LogP contribution in [0.4, 0.5) is 0 Å². The van der Waals surface area contributed by atoms with Gasteiger partial charge in [0.05, 0.1) is 0 Å². The van der Waals surface area contributed by atoms with Crippen molar-refractivity contribution in [2.75, 3.05) is 13.2 Å². The summed E-state index contributed by atoms with van der Waals surface area (Å²) in [7, 11) is 0. The molecule has 0 saturated heterocycles. The lowest BCUT2D eigenvalue weighted by Crippen LogP contribution is -2.30. The van der Waals surface area contributed by atoms with Gasteiger partial charge in [0.15, 0.2) is 6.10 Å². The highest BCUT2D eigenvalue weighted by Gasteiger charge is 2.19.